The molecule has 0 spiro atoms. The lowest BCUT2D eigenvalue weighted by atomic mass is 10.2. The molecule has 1 aliphatic rings. The quantitative estimate of drug-likeness (QED) is 0.367. The van der Waals surface area contributed by atoms with Crippen molar-refractivity contribution in [1.29, 1.82) is 0 Å². The molecule has 0 bridgehead atoms. The van der Waals surface area contributed by atoms with E-state index in [-0.39, 0.29) is 31.0 Å². The predicted molar refractivity (Wildman–Crippen MR) is 103 cm³/mol. The van der Waals surface area contributed by atoms with Crippen LogP contribution in [0, 0.1) is 30.2 Å². The van der Waals surface area contributed by atoms with E-state index in [2.05, 4.69) is 5.32 Å². The molecular formula is C19H20F4N2O4S. The van der Waals surface area contributed by atoms with Gasteiger partial charge in [-0.25, -0.2) is 26.0 Å². The number of rotatable bonds is 8. The highest BCUT2D eigenvalue weighted by molar-refractivity contribution is 7.94. The number of anilines is 3. The van der Waals surface area contributed by atoms with Gasteiger partial charge >= 0.3 is 0 Å². The zero-order chi connectivity index (χ0) is 22.3. The first-order valence-corrected chi connectivity index (χ1v) is 10.5. The topological polar surface area (TPSA) is 98.7 Å². The van der Waals surface area contributed by atoms with Crippen molar-refractivity contribution in [3.8, 4) is 0 Å². The molecule has 0 unspecified atom stereocenters. The average molecular weight is 448 g/mol. The Bertz CT molecular complexity index is 1070. The van der Waals surface area contributed by atoms with E-state index in [1.807, 2.05) is 4.72 Å². The highest BCUT2D eigenvalue weighted by atomic mass is 32.2. The van der Waals surface area contributed by atoms with Gasteiger partial charge in [0.15, 0.2) is 17.5 Å². The van der Waals surface area contributed by atoms with Crippen LogP contribution in [0.15, 0.2) is 24.3 Å². The Balaban J connectivity index is 2.02. The molecule has 3 rings (SSSR count). The zero-order valence-corrected chi connectivity index (χ0v) is 16.7. The molecule has 164 valence electrons. The first kappa shape index (κ1) is 22.3. The zero-order valence-electron chi connectivity index (χ0n) is 15.8. The monoisotopic (exact) mass is 448 g/mol. The number of halogens is 4. The molecular weight excluding hydrogens is 428 g/mol. The lowest BCUT2D eigenvalue weighted by Gasteiger charge is -2.22. The molecule has 1 atom stereocenters. The molecule has 6 nitrogen and oxygen atoms in total. The second-order valence-electron chi connectivity index (χ2n) is 7.34. The lowest BCUT2D eigenvalue weighted by Crippen LogP contribution is -2.34. The summed E-state index contributed by atoms with van der Waals surface area (Å²) in [6.07, 6.45) is -1.39. The van der Waals surface area contributed by atoms with Crippen LogP contribution in [0.4, 0.5) is 34.6 Å². The number of hydrogen-bond donors (Lipinski definition) is 4. The maximum Gasteiger partial charge on any atom is 0.238 e. The van der Waals surface area contributed by atoms with E-state index < -0.39 is 62.1 Å². The van der Waals surface area contributed by atoms with Crippen LogP contribution in [0.25, 0.3) is 0 Å². The Morgan fingerprint density at radius 3 is 2.30 bits per heavy atom. The highest BCUT2D eigenvalue weighted by Gasteiger charge is 2.55. The first-order chi connectivity index (χ1) is 14.0. The Morgan fingerprint density at radius 2 is 1.73 bits per heavy atom. The van der Waals surface area contributed by atoms with E-state index >= 15 is 0 Å². The van der Waals surface area contributed by atoms with E-state index in [1.165, 1.54) is 12.1 Å². The molecule has 0 amide bonds. The number of aryl methyl sites for hydroxylation is 1. The van der Waals surface area contributed by atoms with Crippen molar-refractivity contribution < 1.29 is 36.2 Å². The molecule has 0 heterocycles. The average Bonchev–Trinajstić information content (AvgIpc) is 3.45. The molecule has 1 fully saturated rings. The highest BCUT2D eigenvalue weighted by Crippen LogP contribution is 2.48. The van der Waals surface area contributed by atoms with Crippen LogP contribution in [0.2, 0.25) is 0 Å². The van der Waals surface area contributed by atoms with Crippen molar-refractivity contribution in [1.82, 2.24) is 0 Å². The van der Waals surface area contributed by atoms with Gasteiger partial charge in [0.1, 0.15) is 17.2 Å². The van der Waals surface area contributed by atoms with E-state index in [1.54, 1.807) is 6.92 Å². The molecule has 0 aromatic heterocycles. The minimum atomic E-state index is -4.37. The van der Waals surface area contributed by atoms with Crippen LogP contribution in [0.5, 0.6) is 0 Å². The summed E-state index contributed by atoms with van der Waals surface area (Å²) in [4.78, 5) is 0. The maximum atomic E-state index is 14.5. The third kappa shape index (κ3) is 4.23. The SMILES string of the molecule is Cc1ccc(Nc2c(F)c(F)cc(F)c2NS(=O)(=O)C2(C[C@H](O)CO)CC2)c(F)c1. The van der Waals surface area contributed by atoms with Crippen LogP contribution in [0.3, 0.4) is 0 Å². The van der Waals surface area contributed by atoms with Crippen molar-refractivity contribution in [2.24, 2.45) is 0 Å². The normalized spacial score (nSPS) is 16.2. The number of sulfonamides is 1. The van der Waals surface area contributed by atoms with Gasteiger partial charge in [-0.05, 0) is 43.9 Å². The van der Waals surface area contributed by atoms with Gasteiger partial charge in [-0.15, -0.1) is 0 Å². The van der Waals surface area contributed by atoms with Crippen LogP contribution in [-0.2, 0) is 10.0 Å². The number of aliphatic hydroxyl groups excluding tert-OH is 2. The van der Waals surface area contributed by atoms with Crippen molar-refractivity contribution in [3.63, 3.8) is 0 Å². The summed E-state index contributed by atoms with van der Waals surface area (Å²) in [7, 11) is -4.37. The molecule has 0 saturated heterocycles. The fourth-order valence-corrected chi connectivity index (χ4v) is 4.86. The first-order valence-electron chi connectivity index (χ1n) is 9.01. The second kappa shape index (κ2) is 8.05. The third-order valence-electron chi connectivity index (χ3n) is 4.99. The summed E-state index contributed by atoms with van der Waals surface area (Å²) in [6, 6.07) is 3.96. The Kier molecular flexibility index (Phi) is 5.99. The predicted octanol–water partition coefficient (Wildman–Crippen LogP) is 3.31. The van der Waals surface area contributed by atoms with Gasteiger partial charge in [0.25, 0.3) is 0 Å². The van der Waals surface area contributed by atoms with Gasteiger partial charge in [-0.2, -0.15) is 0 Å². The van der Waals surface area contributed by atoms with Crippen LogP contribution in [0.1, 0.15) is 24.8 Å². The third-order valence-corrected chi connectivity index (χ3v) is 7.18. The van der Waals surface area contributed by atoms with Crippen molar-refractivity contribution in [2.45, 2.75) is 37.0 Å². The van der Waals surface area contributed by atoms with Crippen molar-refractivity contribution >= 4 is 27.1 Å². The molecule has 0 radical (unpaired) electrons. The molecule has 2 aromatic rings. The maximum absolute atomic E-state index is 14.5. The molecule has 2 aromatic carbocycles. The smallest absolute Gasteiger partial charge is 0.238 e. The lowest BCUT2D eigenvalue weighted by molar-refractivity contribution is 0.0858. The number of aliphatic hydroxyl groups is 2. The van der Waals surface area contributed by atoms with E-state index in [0.717, 1.165) is 6.07 Å². The Morgan fingerprint density at radius 1 is 1.07 bits per heavy atom. The summed E-state index contributed by atoms with van der Waals surface area (Å²) in [5, 5.41) is 20.8. The van der Waals surface area contributed by atoms with Crippen LogP contribution >= 0.6 is 0 Å². The Labute approximate surface area is 170 Å². The number of nitrogens with one attached hydrogen (secondary N) is 2. The molecule has 1 saturated carbocycles. The van der Waals surface area contributed by atoms with E-state index in [4.69, 9.17) is 5.11 Å². The summed E-state index contributed by atoms with van der Waals surface area (Å²) in [6.45, 7) is 0.932. The standard InChI is InChI=1S/C19H20F4N2O4S/c1-10-2-3-15(12(20)6-10)24-18-16(23)13(21)7-14(22)17(18)25-30(28,29)19(4-5-19)8-11(27)9-26/h2-3,6-7,11,24-27H,4-5,8-9H2,1H3/t11-/m0/s1. The molecule has 11 heteroatoms. The van der Waals surface area contributed by atoms with E-state index in [0.29, 0.717) is 5.56 Å². The molecule has 4 N–H and O–H groups in total. The van der Waals surface area contributed by atoms with Gasteiger partial charge in [0.2, 0.25) is 10.0 Å². The summed E-state index contributed by atoms with van der Waals surface area (Å²) in [5.74, 6) is -5.44. The second-order valence-corrected chi connectivity index (χ2v) is 9.42. The van der Waals surface area contributed by atoms with Gasteiger partial charge in [-0.1, -0.05) is 6.07 Å². The summed E-state index contributed by atoms with van der Waals surface area (Å²) < 4.78 is 82.9. The summed E-state index contributed by atoms with van der Waals surface area (Å²) in [5.41, 5.74) is -1.61. The fraction of sp³-hybridized carbons (Fsp3) is 0.368. The van der Waals surface area contributed by atoms with E-state index in [9.17, 15) is 31.1 Å². The van der Waals surface area contributed by atoms with Crippen molar-refractivity contribution in [3.05, 3.63) is 53.1 Å². The van der Waals surface area contributed by atoms with Gasteiger partial charge in [-0.3, -0.25) is 4.72 Å². The molecule has 1 aliphatic carbocycles. The molecule has 30 heavy (non-hydrogen) atoms. The Hall–Kier alpha value is -2.37. The number of hydrogen-bond acceptors (Lipinski definition) is 5. The van der Waals surface area contributed by atoms with Crippen LogP contribution in [-0.4, -0.2) is 36.1 Å². The van der Waals surface area contributed by atoms with Crippen LogP contribution < -0.4 is 10.0 Å². The van der Waals surface area contributed by atoms with Gasteiger partial charge < -0.3 is 15.5 Å². The van der Waals surface area contributed by atoms with Crippen molar-refractivity contribution in [2.75, 3.05) is 16.6 Å². The van der Waals surface area contributed by atoms with Gasteiger partial charge in [0, 0.05) is 6.07 Å². The van der Waals surface area contributed by atoms with Gasteiger partial charge in [0.05, 0.1) is 23.1 Å². The minimum absolute atomic E-state index is 0.125. The largest absolute Gasteiger partial charge is 0.394 e. The fourth-order valence-electron chi connectivity index (χ4n) is 3.13. The summed E-state index contributed by atoms with van der Waals surface area (Å²) >= 11 is 0. The number of benzene rings is 2. The minimum Gasteiger partial charge on any atom is -0.394 e. The molecule has 0 aliphatic heterocycles.